The Morgan fingerprint density at radius 3 is 2.41 bits per heavy atom. The van der Waals surface area contributed by atoms with Gasteiger partial charge in [-0.05, 0) is 17.7 Å². The third-order valence-corrected chi connectivity index (χ3v) is 2.68. The maximum absolute atomic E-state index is 9.80. The van der Waals surface area contributed by atoms with Crippen molar-refractivity contribution in [1.82, 2.24) is 0 Å². The summed E-state index contributed by atoms with van der Waals surface area (Å²) in [4.78, 5) is 0. The van der Waals surface area contributed by atoms with E-state index in [9.17, 15) is 10.2 Å². The largest absolute Gasteiger partial charge is 0.504 e. The third-order valence-electron chi connectivity index (χ3n) is 2.68. The zero-order valence-corrected chi connectivity index (χ0v) is 9.96. The normalized spacial score (nSPS) is 14.1. The second-order valence-corrected chi connectivity index (χ2v) is 4.70. The Balaban J connectivity index is 2.80. The summed E-state index contributed by atoms with van der Waals surface area (Å²) in [6, 6.07) is 4.38. The van der Waals surface area contributed by atoms with Gasteiger partial charge < -0.3 is 20.4 Å². The van der Waals surface area contributed by atoms with Crippen LogP contribution in [0.4, 0.5) is 0 Å². The predicted molar refractivity (Wildman–Crippen MR) is 65.7 cm³/mol. The lowest BCUT2D eigenvalue weighted by atomic mass is 9.87. The number of hydrogen-bond acceptors (Lipinski definition) is 4. The molecule has 17 heavy (non-hydrogen) atoms. The lowest BCUT2D eigenvalue weighted by Gasteiger charge is -2.25. The molecule has 0 spiro atoms. The van der Waals surface area contributed by atoms with Crippen LogP contribution in [0.2, 0.25) is 0 Å². The Morgan fingerprint density at radius 2 is 1.88 bits per heavy atom. The van der Waals surface area contributed by atoms with Crippen LogP contribution in [0.25, 0.3) is 6.08 Å². The first kappa shape index (κ1) is 13.5. The van der Waals surface area contributed by atoms with Crippen molar-refractivity contribution in [1.29, 1.82) is 0 Å². The quantitative estimate of drug-likeness (QED) is 0.599. The molecule has 1 unspecified atom stereocenters. The number of phenols is 2. The van der Waals surface area contributed by atoms with E-state index in [0.717, 1.165) is 0 Å². The summed E-state index contributed by atoms with van der Waals surface area (Å²) < 4.78 is 0. The Morgan fingerprint density at radius 1 is 1.24 bits per heavy atom. The van der Waals surface area contributed by atoms with E-state index in [1.807, 2.05) is 0 Å². The molecule has 0 radical (unpaired) electrons. The van der Waals surface area contributed by atoms with Crippen molar-refractivity contribution < 1.29 is 20.4 Å². The molecule has 0 aromatic heterocycles. The van der Waals surface area contributed by atoms with Crippen LogP contribution < -0.4 is 0 Å². The summed E-state index contributed by atoms with van der Waals surface area (Å²) in [5, 5.41) is 37.3. The van der Waals surface area contributed by atoms with Crippen molar-refractivity contribution in [3.05, 3.63) is 29.8 Å². The fraction of sp³-hybridized carbons (Fsp3) is 0.385. The summed E-state index contributed by atoms with van der Waals surface area (Å²) in [7, 11) is 0. The Bertz CT molecular complexity index is 410. The Kier molecular flexibility index (Phi) is 4.15. The highest BCUT2D eigenvalue weighted by Gasteiger charge is 2.24. The molecule has 0 saturated carbocycles. The summed E-state index contributed by atoms with van der Waals surface area (Å²) in [5.41, 5.74) is 0.0447. The molecule has 0 bridgehead atoms. The van der Waals surface area contributed by atoms with E-state index in [1.165, 1.54) is 12.1 Å². The van der Waals surface area contributed by atoms with Crippen molar-refractivity contribution >= 4 is 6.08 Å². The van der Waals surface area contributed by atoms with Gasteiger partial charge in [0.2, 0.25) is 0 Å². The third kappa shape index (κ3) is 3.47. The van der Waals surface area contributed by atoms with Gasteiger partial charge in [-0.1, -0.05) is 32.1 Å². The van der Waals surface area contributed by atoms with E-state index in [-0.39, 0.29) is 18.1 Å². The maximum atomic E-state index is 9.80. The molecule has 4 heteroatoms. The van der Waals surface area contributed by atoms with Gasteiger partial charge in [0.1, 0.15) is 0 Å². The minimum atomic E-state index is -0.788. The van der Waals surface area contributed by atoms with Gasteiger partial charge in [0.25, 0.3) is 0 Å². The monoisotopic (exact) mass is 238 g/mol. The van der Waals surface area contributed by atoms with Crippen LogP contribution in [0.15, 0.2) is 24.3 Å². The van der Waals surface area contributed by atoms with Gasteiger partial charge in [0, 0.05) is 5.41 Å². The molecule has 0 amide bonds. The molecule has 0 aliphatic carbocycles. The van der Waals surface area contributed by atoms with Crippen LogP contribution >= 0.6 is 0 Å². The standard InChI is InChI=1S/C13H18O4/c1-13(2,8-14)12(17)6-4-9-3-5-10(15)11(16)7-9/h3-7,12,14-17H,8H2,1-2H3/b6-4+. The molecule has 0 heterocycles. The molecular weight excluding hydrogens is 220 g/mol. The van der Waals surface area contributed by atoms with Crippen LogP contribution in [0.3, 0.4) is 0 Å². The molecule has 1 aromatic carbocycles. The number of aliphatic hydroxyl groups is 2. The lowest BCUT2D eigenvalue weighted by Crippen LogP contribution is -2.30. The molecule has 4 nitrogen and oxygen atoms in total. The Labute approximate surface area is 100 Å². The lowest BCUT2D eigenvalue weighted by molar-refractivity contribution is 0.0387. The second kappa shape index (κ2) is 5.21. The van der Waals surface area contributed by atoms with Crippen molar-refractivity contribution in [2.45, 2.75) is 20.0 Å². The molecule has 0 fully saturated rings. The number of hydrogen-bond donors (Lipinski definition) is 4. The first-order valence-electron chi connectivity index (χ1n) is 5.36. The summed E-state index contributed by atoms with van der Waals surface area (Å²) in [5.74, 6) is -0.388. The van der Waals surface area contributed by atoms with Gasteiger partial charge in [-0.15, -0.1) is 0 Å². The zero-order valence-electron chi connectivity index (χ0n) is 9.96. The number of benzene rings is 1. The summed E-state index contributed by atoms with van der Waals surface area (Å²) >= 11 is 0. The molecule has 1 atom stereocenters. The first-order valence-corrected chi connectivity index (χ1v) is 5.36. The van der Waals surface area contributed by atoms with Crippen molar-refractivity contribution in [3.8, 4) is 11.5 Å². The van der Waals surface area contributed by atoms with Crippen LogP contribution in [-0.2, 0) is 0 Å². The van der Waals surface area contributed by atoms with Crippen LogP contribution in [0, 0.1) is 5.41 Å². The first-order chi connectivity index (χ1) is 7.86. The molecular formula is C13H18O4. The molecule has 1 rings (SSSR count). The van der Waals surface area contributed by atoms with Crippen LogP contribution in [0.5, 0.6) is 11.5 Å². The summed E-state index contributed by atoms with van der Waals surface area (Å²) in [6.45, 7) is 3.37. The molecule has 1 aromatic rings. The highest BCUT2D eigenvalue weighted by atomic mass is 16.3. The Hall–Kier alpha value is -1.52. The molecule has 4 N–H and O–H groups in total. The average Bonchev–Trinajstić information content (AvgIpc) is 2.30. The van der Waals surface area contributed by atoms with Crippen molar-refractivity contribution in [2.75, 3.05) is 6.61 Å². The number of rotatable bonds is 4. The average molecular weight is 238 g/mol. The van der Waals surface area contributed by atoms with Crippen LogP contribution in [0.1, 0.15) is 19.4 Å². The van der Waals surface area contributed by atoms with Gasteiger partial charge in [-0.25, -0.2) is 0 Å². The van der Waals surface area contributed by atoms with E-state index in [0.29, 0.717) is 5.56 Å². The number of aliphatic hydroxyl groups excluding tert-OH is 2. The van der Waals surface area contributed by atoms with Gasteiger partial charge in [-0.3, -0.25) is 0 Å². The van der Waals surface area contributed by atoms with E-state index >= 15 is 0 Å². The fourth-order valence-electron chi connectivity index (χ4n) is 1.20. The van der Waals surface area contributed by atoms with E-state index in [2.05, 4.69) is 0 Å². The molecule has 0 aliphatic heterocycles. The van der Waals surface area contributed by atoms with Crippen molar-refractivity contribution in [2.24, 2.45) is 5.41 Å². The van der Waals surface area contributed by atoms with Gasteiger partial charge in [-0.2, -0.15) is 0 Å². The van der Waals surface area contributed by atoms with Crippen LogP contribution in [-0.4, -0.2) is 33.1 Å². The van der Waals surface area contributed by atoms with Crippen molar-refractivity contribution in [3.63, 3.8) is 0 Å². The number of phenolic OH excluding ortho intramolecular Hbond substituents is 2. The summed E-state index contributed by atoms with van der Waals surface area (Å²) in [6.07, 6.45) is 2.38. The topological polar surface area (TPSA) is 80.9 Å². The van der Waals surface area contributed by atoms with E-state index in [1.54, 1.807) is 32.1 Å². The maximum Gasteiger partial charge on any atom is 0.157 e. The van der Waals surface area contributed by atoms with Gasteiger partial charge in [0.15, 0.2) is 11.5 Å². The second-order valence-electron chi connectivity index (χ2n) is 4.70. The highest BCUT2D eigenvalue weighted by molar-refractivity contribution is 5.55. The number of aromatic hydroxyl groups is 2. The molecule has 0 saturated heterocycles. The van der Waals surface area contributed by atoms with E-state index in [4.69, 9.17) is 10.2 Å². The molecule has 94 valence electrons. The SMILES string of the molecule is CC(C)(CO)C(O)/C=C/c1ccc(O)c(O)c1. The molecule has 0 aliphatic rings. The predicted octanol–water partition coefficient (Wildman–Crippen LogP) is 1.49. The fourth-order valence-corrected chi connectivity index (χ4v) is 1.20. The van der Waals surface area contributed by atoms with Gasteiger partial charge in [0.05, 0.1) is 12.7 Å². The highest BCUT2D eigenvalue weighted by Crippen LogP contribution is 2.26. The van der Waals surface area contributed by atoms with E-state index < -0.39 is 11.5 Å². The minimum absolute atomic E-state index is 0.126. The van der Waals surface area contributed by atoms with Gasteiger partial charge >= 0.3 is 0 Å². The smallest absolute Gasteiger partial charge is 0.157 e. The zero-order chi connectivity index (χ0) is 13.1. The minimum Gasteiger partial charge on any atom is -0.504 e.